The Bertz CT molecular complexity index is 863. The van der Waals surface area contributed by atoms with Gasteiger partial charge in [-0.3, -0.25) is 4.90 Å². The van der Waals surface area contributed by atoms with E-state index in [1.165, 1.54) is 6.07 Å². The predicted octanol–water partition coefficient (Wildman–Crippen LogP) is 3.39. The molecule has 7 heteroatoms. The average Bonchev–Trinajstić information content (AvgIpc) is 3.25. The first-order chi connectivity index (χ1) is 12.2. The molecule has 0 aliphatic carbocycles. The predicted molar refractivity (Wildman–Crippen MR) is 101 cm³/mol. The summed E-state index contributed by atoms with van der Waals surface area (Å²) in [5, 5.41) is 3.43. The summed E-state index contributed by atoms with van der Waals surface area (Å²) in [6.07, 6.45) is 3.79. The second kappa shape index (κ2) is 8.03. The van der Waals surface area contributed by atoms with E-state index in [4.69, 9.17) is 4.42 Å². The number of hydrogen-bond acceptors (Lipinski definition) is 4. The highest BCUT2D eigenvalue weighted by molar-refractivity contribution is 5.85. The molecule has 1 aromatic carbocycles. The summed E-state index contributed by atoms with van der Waals surface area (Å²) in [6, 6.07) is 10.6. The first kappa shape index (κ1) is 18.6. The number of aryl methyl sites for hydroxylation is 1. The SMILES string of the molecule is Cl.Cn1ccnc1C1CNCCN1Cc1ccc(-c2ccccc2F)o1. The highest BCUT2D eigenvalue weighted by atomic mass is 35.5. The van der Waals surface area contributed by atoms with E-state index < -0.39 is 0 Å². The van der Waals surface area contributed by atoms with E-state index in [9.17, 15) is 4.39 Å². The van der Waals surface area contributed by atoms with Crippen LogP contribution in [0.1, 0.15) is 17.6 Å². The Morgan fingerprint density at radius 3 is 2.88 bits per heavy atom. The van der Waals surface area contributed by atoms with Crippen LogP contribution in [-0.2, 0) is 13.6 Å². The number of piperazine rings is 1. The molecule has 0 amide bonds. The van der Waals surface area contributed by atoms with Crippen molar-refractivity contribution in [2.45, 2.75) is 12.6 Å². The third kappa shape index (κ3) is 3.67. The van der Waals surface area contributed by atoms with Crippen molar-refractivity contribution >= 4 is 12.4 Å². The van der Waals surface area contributed by atoms with Crippen LogP contribution in [0.4, 0.5) is 4.39 Å². The molecule has 3 heterocycles. The summed E-state index contributed by atoms with van der Waals surface area (Å²) >= 11 is 0. The second-order valence-electron chi connectivity index (χ2n) is 6.33. The van der Waals surface area contributed by atoms with Crippen LogP contribution in [0.2, 0.25) is 0 Å². The maximum Gasteiger partial charge on any atom is 0.137 e. The van der Waals surface area contributed by atoms with Gasteiger partial charge in [0.15, 0.2) is 0 Å². The fourth-order valence-electron chi connectivity index (χ4n) is 3.36. The van der Waals surface area contributed by atoms with E-state index in [2.05, 4.69) is 19.8 Å². The molecular formula is C19H22ClFN4O. The minimum atomic E-state index is -0.267. The van der Waals surface area contributed by atoms with Crippen molar-refractivity contribution in [3.8, 4) is 11.3 Å². The average molecular weight is 377 g/mol. The number of hydrogen-bond donors (Lipinski definition) is 1. The van der Waals surface area contributed by atoms with Crippen molar-refractivity contribution in [2.24, 2.45) is 7.05 Å². The quantitative estimate of drug-likeness (QED) is 0.758. The van der Waals surface area contributed by atoms with Crippen LogP contribution in [-0.4, -0.2) is 34.1 Å². The standard InChI is InChI=1S/C19H21FN4O.ClH/c1-23-10-9-22-19(23)17-12-21-8-11-24(17)13-14-6-7-18(25-14)15-4-2-3-5-16(15)20;/h2-7,9-10,17,21H,8,11-13H2,1H3;1H. The minimum Gasteiger partial charge on any atom is -0.460 e. The number of nitrogens with one attached hydrogen (secondary N) is 1. The first-order valence-corrected chi connectivity index (χ1v) is 8.48. The summed E-state index contributed by atoms with van der Waals surface area (Å²) in [6.45, 7) is 3.37. The minimum absolute atomic E-state index is 0. The lowest BCUT2D eigenvalue weighted by Crippen LogP contribution is -2.46. The topological polar surface area (TPSA) is 46.2 Å². The lowest BCUT2D eigenvalue weighted by atomic mass is 10.1. The molecule has 0 saturated carbocycles. The Labute approximate surface area is 158 Å². The number of benzene rings is 1. The molecular weight excluding hydrogens is 355 g/mol. The summed E-state index contributed by atoms with van der Waals surface area (Å²) < 4.78 is 21.9. The smallest absolute Gasteiger partial charge is 0.137 e. The van der Waals surface area contributed by atoms with Gasteiger partial charge in [-0.15, -0.1) is 12.4 Å². The molecule has 0 radical (unpaired) electrons. The normalized spacial score (nSPS) is 17.8. The number of halogens is 2. The molecule has 3 aromatic rings. The fourth-order valence-corrected chi connectivity index (χ4v) is 3.36. The van der Waals surface area contributed by atoms with Gasteiger partial charge in [0.05, 0.1) is 18.2 Å². The summed E-state index contributed by atoms with van der Waals surface area (Å²) in [7, 11) is 2.01. The van der Waals surface area contributed by atoms with Gasteiger partial charge in [0, 0.05) is 39.1 Å². The molecule has 5 nitrogen and oxygen atoms in total. The lowest BCUT2D eigenvalue weighted by molar-refractivity contribution is 0.135. The summed E-state index contributed by atoms with van der Waals surface area (Å²) in [5.74, 6) is 2.17. The maximum atomic E-state index is 13.9. The zero-order chi connectivity index (χ0) is 17.2. The van der Waals surface area contributed by atoms with Crippen LogP contribution in [0.25, 0.3) is 11.3 Å². The molecule has 1 saturated heterocycles. The van der Waals surface area contributed by atoms with Crippen molar-refractivity contribution < 1.29 is 8.81 Å². The Morgan fingerprint density at radius 1 is 1.27 bits per heavy atom. The molecule has 2 aromatic heterocycles. The molecule has 1 unspecified atom stereocenters. The molecule has 138 valence electrons. The molecule has 1 aliphatic heterocycles. The van der Waals surface area contributed by atoms with Crippen molar-refractivity contribution in [1.82, 2.24) is 19.8 Å². The van der Waals surface area contributed by atoms with Crippen LogP contribution >= 0.6 is 12.4 Å². The molecule has 1 aliphatic rings. The molecule has 1 fully saturated rings. The number of nitrogens with zero attached hydrogens (tertiary/aromatic N) is 3. The van der Waals surface area contributed by atoms with Gasteiger partial charge in [-0.05, 0) is 24.3 Å². The van der Waals surface area contributed by atoms with Gasteiger partial charge in [0.25, 0.3) is 0 Å². The first-order valence-electron chi connectivity index (χ1n) is 8.48. The van der Waals surface area contributed by atoms with Crippen LogP contribution in [0.15, 0.2) is 53.2 Å². The van der Waals surface area contributed by atoms with E-state index in [0.717, 1.165) is 31.2 Å². The third-order valence-electron chi connectivity index (χ3n) is 4.67. The Kier molecular flexibility index (Phi) is 5.76. The second-order valence-corrected chi connectivity index (χ2v) is 6.33. The van der Waals surface area contributed by atoms with Gasteiger partial charge in [-0.1, -0.05) is 12.1 Å². The van der Waals surface area contributed by atoms with Crippen LogP contribution in [0, 0.1) is 5.82 Å². The molecule has 1 atom stereocenters. The van der Waals surface area contributed by atoms with E-state index in [1.807, 2.05) is 37.6 Å². The Morgan fingerprint density at radius 2 is 2.12 bits per heavy atom. The zero-order valence-corrected chi connectivity index (χ0v) is 15.4. The van der Waals surface area contributed by atoms with Crippen molar-refractivity contribution in [2.75, 3.05) is 19.6 Å². The number of furan rings is 1. The number of rotatable bonds is 4. The van der Waals surface area contributed by atoms with E-state index in [-0.39, 0.29) is 24.3 Å². The van der Waals surface area contributed by atoms with Crippen LogP contribution in [0.3, 0.4) is 0 Å². The molecule has 1 N–H and O–H groups in total. The van der Waals surface area contributed by atoms with E-state index >= 15 is 0 Å². The third-order valence-corrected chi connectivity index (χ3v) is 4.67. The molecule has 4 rings (SSSR count). The number of aromatic nitrogens is 2. The fraction of sp³-hybridized carbons (Fsp3) is 0.316. The van der Waals surface area contributed by atoms with Gasteiger partial charge in [-0.2, -0.15) is 0 Å². The van der Waals surface area contributed by atoms with Crippen molar-refractivity contribution in [3.05, 3.63) is 66.2 Å². The molecule has 0 bridgehead atoms. The van der Waals surface area contributed by atoms with Gasteiger partial charge < -0.3 is 14.3 Å². The van der Waals surface area contributed by atoms with E-state index in [0.29, 0.717) is 17.9 Å². The van der Waals surface area contributed by atoms with Gasteiger partial charge in [-0.25, -0.2) is 9.37 Å². The Balaban J connectivity index is 0.00000196. The highest BCUT2D eigenvalue weighted by Crippen LogP contribution is 2.27. The largest absolute Gasteiger partial charge is 0.460 e. The van der Waals surface area contributed by atoms with E-state index in [1.54, 1.807) is 12.1 Å². The highest BCUT2D eigenvalue weighted by Gasteiger charge is 2.27. The monoisotopic (exact) mass is 376 g/mol. The Hall–Kier alpha value is -2.15. The number of imidazole rings is 1. The lowest BCUT2D eigenvalue weighted by Gasteiger charge is -2.35. The van der Waals surface area contributed by atoms with Gasteiger partial charge in [0.1, 0.15) is 23.2 Å². The maximum absolute atomic E-state index is 13.9. The zero-order valence-electron chi connectivity index (χ0n) is 14.6. The van der Waals surface area contributed by atoms with Crippen molar-refractivity contribution in [1.29, 1.82) is 0 Å². The van der Waals surface area contributed by atoms with Crippen LogP contribution in [0.5, 0.6) is 0 Å². The van der Waals surface area contributed by atoms with Gasteiger partial charge in [0.2, 0.25) is 0 Å². The molecule has 0 spiro atoms. The molecule has 26 heavy (non-hydrogen) atoms. The van der Waals surface area contributed by atoms with Crippen LogP contribution < -0.4 is 5.32 Å². The van der Waals surface area contributed by atoms with Gasteiger partial charge >= 0.3 is 0 Å². The summed E-state index contributed by atoms with van der Waals surface area (Å²) in [4.78, 5) is 6.85. The van der Waals surface area contributed by atoms with Crippen molar-refractivity contribution in [3.63, 3.8) is 0 Å². The summed E-state index contributed by atoms with van der Waals surface area (Å²) in [5.41, 5.74) is 0.495.